The van der Waals surface area contributed by atoms with E-state index in [0.717, 1.165) is 72.6 Å². The molecular formula is C48H69N3O12. The maximum Gasteiger partial charge on any atom is 0.161 e. The maximum atomic E-state index is 11.1. The predicted octanol–water partition coefficient (Wildman–Crippen LogP) is 3.18. The van der Waals surface area contributed by atoms with Crippen molar-refractivity contribution >= 4 is 0 Å². The van der Waals surface area contributed by atoms with Gasteiger partial charge in [-0.1, -0.05) is 0 Å². The second kappa shape index (κ2) is 23.9. The van der Waals surface area contributed by atoms with E-state index in [-0.39, 0.29) is 19.8 Å². The molecule has 0 spiro atoms. The van der Waals surface area contributed by atoms with Crippen LogP contribution in [0.1, 0.15) is 54.2 Å². The van der Waals surface area contributed by atoms with Gasteiger partial charge in [0.05, 0.1) is 59.5 Å². The number of rotatable bonds is 21. The highest BCUT2D eigenvalue weighted by molar-refractivity contribution is 5.58. The molecule has 3 saturated heterocycles. The van der Waals surface area contributed by atoms with Crippen molar-refractivity contribution in [2.75, 3.05) is 138 Å². The summed E-state index contributed by atoms with van der Waals surface area (Å²) in [6, 6.07) is 12.4. The molecule has 3 atom stereocenters. The summed E-state index contributed by atoms with van der Waals surface area (Å²) in [5.74, 6) is 3.54. The van der Waals surface area contributed by atoms with Crippen molar-refractivity contribution in [1.82, 2.24) is 14.7 Å². The number of nitrogens with zero attached hydrogens (tertiary/aromatic N) is 3. The number of β-amino-alcohol motifs (C(OH)–C–C–N with tert-alkyl or cyclic N) is 3. The Kier molecular flexibility index (Phi) is 17.8. The largest absolute Gasteiger partial charge is 0.490 e. The van der Waals surface area contributed by atoms with Crippen molar-refractivity contribution in [3.05, 3.63) is 69.8 Å². The Morgan fingerprint density at radius 2 is 0.619 bits per heavy atom. The van der Waals surface area contributed by atoms with Gasteiger partial charge in [-0.2, -0.15) is 0 Å². The quantitative estimate of drug-likeness (QED) is 0.112. The van der Waals surface area contributed by atoms with E-state index in [4.69, 9.17) is 42.6 Å². The summed E-state index contributed by atoms with van der Waals surface area (Å²) in [6.07, 6.45) is -0.396. The zero-order valence-electron chi connectivity index (χ0n) is 37.5. The fraction of sp³-hybridized carbons (Fsp3) is 0.625. The van der Waals surface area contributed by atoms with Crippen molar-refractivity contribution in [1.29, 1.82) is 0 Å². The number of fused-ring (bicyclic) bond motifs is 3. The lowest BCUT2D eigenvalue weighted by molar-refractivity contribution is 0.00426. The van der Waals surface area contributed by atoms with Gasteiger partial charge in [0.25, 0.3) is 0 Å². The molecule has 1 aliphatic carbocycles. The average molecular weight is 880 g/mol. The summed E-state index contributed by atoms with van der Waals surface area (Å²) in [6.45, 7) is 17.6. The molecule has 15 heteroatoms. The van der Waals surface area contributed by atoms with Crippen molar-refractivity contribution in [3.63, 3.8) is 0 Å². The molecule has 3 aromatic carbocycles. The molecule has 15 nitrogen and oxygen atoms in total. The minimum atomic E-state index is -0.698. The van der Waals surface area contributed by atoms with Crippen LogP contribution in [0.4, 0.5) is 0 Å². The number of ether oxygens (including phenoxy) is 9. The molecule has 7 rings (SSSR count). The number of benzene rings is 3. The number of hydrogen-bond acceptors (Lipinski definition) is 15. The lowest BCUT2D eigenvalue weighted by Gasteiger charge is -2.28. The van der Waals surface area contributed by atoms with Crippen LogP contribution < -0.4 is 28.4 Å². The van der Waals surface area contributed by atoms with Gasteiger partial charge in [0.15, 0.2) is 34.5 Å². The van der Waals surface area contributed by atoms with Gasteiger partial charge in [-0.3, -0.25) is 14.7 Å². The molecule has 63 heavy (non-hydrogen) atoms. The normalized spacial score (nSPS) is 19.0. The minimum absolute atomic E-state index is 0.108. The molecule has 348 valence electrons. The molecule has 4 aliphatic rings. The maximum absolute atomic E-state index is 11.1. The van der Waals surface area contributed by atoms with Crippen LogP contribution in [0.15, 0.2) is 36.4 Å². The molecule has 3 aliphatic heterocycles. The van der Waals surface area contributed by atoms with Crippen LogP contribution in [-0.4, -0.2) is 187 Å². The van der Waals surface area contributed by atoms with E-state index in [2.05, 4.69) is 45.0 Å². The van der Waals surface area contributed by atoms with Crippen LogP contribution in [0.2, 0.25) is 0 Å². The van der Waals surface area contributed by atoms with Gasteiger partial charge >= 0.3 is 0 Å². The summed E-state index contributed by atoms with van der Waals surface area (Å²) >= 11 is 0. The van der Waals surface area contributed by atoms with Gasteiger partial charge in [-0.25, -0.2) is 0 Å². The molecule has 0 saturated carbocycles. The standard InChI is InChI=1S/C48H69N3O12/c1-4-58-43-22-34-19-35-23-44(59-5-2)47(62-32-41(53)29-50-9-15-56-16-10-50)26-38(35)21-39-27-48(63-33-42(54)30-51-11-17-57-18-12-51)45(60-6-3)24-36(39)20-37(34)25-46(43)61-31-40(52)28-49-7-13-55-14-8-49/h22-27,40-42,52-54H,4-21,28-33H2,1-3H3/t40-,41-,42-/m0/s1. The molecule has 3 N–H and O–H groups in total. The highest BCUT2D eigenvalue weighted by Gasteiger charge is 2.25. The topological polar surface area (TPSA) is 153 Å². The first-order valence-electron chi connectivity index (χ1n) is 23.0. The van der Waals surface area contributed by atoms with E-state index in [1.807, 2.05) is 26.8 Å². The van der Waals surface area contributed by atoms with Crippen LogP contribution in [0.25, 0.3) is 0 Å². The summed E-state index contributed by atoms with van der Waals surface area (Å²) in [5.41, 5.74) is 6.29. The van der Waals surface area contributed by atoms with Gasteiger partial charge in [-0.05, 0) is 110 Å². The van der Waals surface area contributed by atoms with Crippen molar-refractivity contribution in [3.8, 4) is 34.5 Å². The highest BCUT2D eigenvalue weighted by Crippen LogP contribution is 2.41. The molecule has 0 aromatic heterocycles. The number of hydrogen-bond donors (Lipinski definition) is 3. The summed E-state index contributed by atoms with van der Waals surface area (Å²) in [4.78, 5) is 6.58. The molecule has 3 fully saturated rings. The molecule has 0 amide bonds. The van der Waals surface area contributed by atoms with Crippen LogP contribution in [-0.2, 0) is 33.5 Å². The van der Waals surface area contributed by atoms with Crippen LogP contribution in [0.5, 0.6) is 34.5 Å². The Morgan fingerprint density at radius 3 is 0.841 bits per heavy atom. The predicted molar refractivity (Wildman–Crippen MR) is 238 cm³/mol. The van der Waals surface area contributed by atoms with Crippen LogP contribution in [0.3, 0.4) is 0 Å². The Balaban J connectivity index is 1.23. The lowest BCUT2D eigenvalue weighted by atomic mass is 9.94. The monoisotopic (exact) mass is 879 g/mol. The van der Waals surface area contributed by atoms with E-state index < -0.39 is 18.3 Å². The van der Waals surface area contributed by atoms with Crippen molar-refractivity contribution in [2.45, 2.75) is 58.3 Å². The SMILES string of the molecule is CCOc1cc2c(cc1OC[C@@H](O)CN1CCOCC1)Cc1cc(OCC)c(OC[C@@H](O)CN3CCOCC3)cc1Cc1cc(OC[C@@H](O)CN3CCOCC3)c(OCC)cc1C2. The van der Waals surface area contributed by atoms with Gasteiger partial charge < -0.3 is 58.0 Å². The molecule has 3 aromatic rings. The van der Waals surface area contributed by atoms with Crippen LogP contribution >= 0.6 is 0 Å². The smallest absolute Gasteiger partial charge is 0.161 e. The summed E-state index contributed by atoms with van der Waals surface area (Å²) in [7, 11) is 0. The molecule has 0 bridgehead atoms. The first-order chi connectivity index (χ1) is 30.8. The van der Waals surface area contributed by atoms with Gasteiger partial charge in [0.2, 0.25) is 0 Å². The third kappa shape index (κ3) is 13.6. The van der Waals surface area contributed by atoms with Gasteiger partial charge in [-0.15, -0.1) is 0 Å². The molecule has 0 unspecified atom stereocenters. The molecular weight excluding hydrogens is 811 g/mol. The number of aliphatic hydroxyl groups excluding tert-OH is 3. The summed E-state index contributed by atoms with van der Waals surface area (Å²) in [5, 5.41) is 33.2. The third-order valence-corrected chi connectivity index (χ3v) is 11.9. The van der Waals surface area contributed by atoms with E-state index in [0.29, 0.717) is 133 Å². The average Bonchev–Trinajstić information content (AvgIpc) is 3.34. The van der Waals surface area contributed by atoms with E-state index in [9.17, 15) is 15.3 Å². The molecule has 0 radical (unpaired) electrons. The lowest BCUT2D eigenvalue weighted by Crippen LogP contribution is -2.42. The Morgan fingerprint density at radius 1 is 0.397 bits per heavy atom. The highest BCUT2D eigenvalue weighted by atomic mass is 16.5. The first kappa shape index (κ1) is 47.1. The van der Waals surface area contributed by atoms with Crippen molar-refractivity contribution in [2.24, 2.45) is 0 Å². The fourth-order valence-electron chi connectivity index (χ4n) is 8.64. The number of aliphatic hydroxyl groups is 3. The van der Waals surface area contributed by atoms with Crippen LogP contribution in [0, 0.1) is 0 Å². The van der Waals surface area contributed by atoms with Gasteiger partial charge in [0.1, 0.15) is 38.1 Å². The van der Waals surface area contributed by atoms with Crippen molar-refractivity contribution < 1.29 is 58.0 Å². The minimum Gasteiger partial charge on any atom is -0.490 e. The first-order valence-corrected chi connectivity index (χ1v) is 23.0. The summed E-state index contributed by atoms with van der Waals surface area (Å²) < 4.78 is 54.4. The second-order valence-corrected chi connectivity index (χ2v) is 16.7. The molecule has 3 heterocycles. The Labute approximate surface area is 372 Å². The van der Waals surface area contributed by atoms with Gasteiger partial charge in [0, 0.05) is 58.9 Å². The number of morpholine rings is 3. The fourth-order valence-corrected chi connectivity index (χ4v) is 8.64. The Bertz CT molecular complexity index is 1880. The van der Waals surface area contributed by atoms with E-state index in [1.54, 1.807) is 0 Å². The van der Waals surface area contributed by atoms with E-state index >= 15 is 0 Å². The zero-order chi connectivity index (χ0) is 44.0. The third-order valence-electron chi connectivity index (χ3n) is 11.9. The Hall–Kier alpha value is -3.90. The zero-order valence-corrected chi connectivity index (χ0v) is 37.5. The second-order valence-electron chi connectivity index (χ2n) is 16.7. The van der Waals surface area contributed by atoms with E-state index in [1.165, 1.54) is 0 Å².